The highest BCUT2D eigenvalue weighted by molar-refractivity contribution is 5.73. The molecule has 0 bridgehead atoms. The largest absolute Gasteiger partial charge is 0.496 e. The minimum Gasteiger partial charge on any atom is -0.496 e. The van der Waals surface area contributed by atoms with Crippen molar-refractivity contribution in [3.63, 3.8) is 0 Å². The molecule has 0 saturated carbocycles. The van der Waals surface area contributed by atoms with Crippen LogP contribution < -0.4 is 4.74 Å². The number of carbonyl (C=O) groups is 1. The molecule has 0 aliphatic heterocycles. The molecule has 0 spiro atoms. The molecule has 1 unspecified atom stereocenters. The molecule has 1 rings (SSSR count). The predicted octanol–water partition coefficient (Wildman–Crippen LogP) is 1.86. The van der Waals surface area contributed by atoms with Crippen LogP contribution in [0, 0.1) is 11.3 Å². The number of methoxy groups -OCH3 is 1. The topological polar surface area (TPSA) is 73.6 Å². The predicted molar refractivity (Wildman–Crippen MR) is 70.9 cm³/mol. The minimum absolute atomic E-state index is 0.420. The van der Waals surface area contributed by atoms with Gasteiger partial charge >= 0.3 is 5.97 Å². The van der Waals surface area contributed by atoms with Crippen LogP contribution in [0.4, 0.5) is 0 Å². The van der Waals surface area contributed by atoms with Crippen molar-refractivity contribution in [3.8, 4) is 11.8 Å². The highest BCUT2D eigenvalue weighted by Gasteiger charge is 2.21. The van der Waals surface area contributed by atoms with Gasteiger partial charge in [-0.2, -0.15) is 5.26 Å². The van der Waals surface area contributed by atoms with Crippen LogP contribution >= 0.6 is 0 Å². The third kappa shape index (κ3) is 3.70. The molecule has 5 nitrogen and oxygen atoms in total. The van der Waals surface area contributed by atoms with E-state index in [1.165, 1.54) is 0 Å². The zero-order valence-electron chi connectivity index (χ0n) is 11.4. The van der Waals surface area contributed by atoms with E-state index in [4.69, 9.17) is 15.1 Å². The number of nitriles is 1. The molecule has 0 amide bonds. The molecule has 0 aliphatic rings. The number of aliphatic carboxylic acids is 1. The first kappa shape index (κ1) is 15.0. The van der Waals surface area contributed by atoms with Crippen molar-refractivity contribution in [3.05, 3.63) is 29.3 Å². The fourth-order valence-electron chi connectivity index (χ4n) is 2.03. The van der Waals surface area contributed by atoms with Crippen molar-refractivity contribution in [2.75, 3.05) is 14.2 Å². The SMILES string of the molecule is CCC(C(=O)O)N(C)Cc1cc(C#N)ccc1OC. The van der Waals surface area contributed by atoms with E-state index in [2.05, 4.69) is 6.07 Å². The molecular weight excluding hydrogens is 244 g/mol. The van der Waals surface area contributed by atoms with Gasteiger partial charge in [0.15, 0.2) is 0 Å². The van der Waals surface area contributed by atoms with Gasteiger partial charge in [-0.25, -0.2) is 0 Å². The van der Waals surface area contributed by atoms with Crippen LogP contribution in [-0.4, -0.2) is 36.2 Å². The molecule has 0 aromatic heterocycles. The van der Waals surface area contributed by atoms with Gasteiger partial charge in [0.05, 0.1) is 18.7 Å². The van der Waals surface area contributed by atoms with Crippen molar-refractivity contribution >= 4 is 5.97 Å². The lowest BCUT2D eigenvalue weighted by Crippen LogP contribution is -2.37. The molecule has 0 aliphatic carbocycles. The Morgan fingerprint density at radius 1 is 1.58 bits per heavy atom. The van der Waals surface area contributed by atoms with Gasteiger partial charge in [0.2, 0.25) is 0 Å². The van der Waals surface area contributed by atoms with E-state index in [-0.39, 0.29) is 0 Å². The van der Waals surface area contributed by atoms with Crippen LogP contribution in [0.25, 0.3) is 0 Å². The lowest BCUT2D eigenvalue weighted by atomic mass is 10.1. The second kappa shape index (κ2) is 6.76. The van der Waals surface area contributed by atoms with Crippen molar-refractivity contribution in [1.82, 2.24) is 4.90 Å². The summed E-state index contributed by atoms with van der Waals surface area (Å²) in [6, 6.07) is 6.65. The van der Waals surface area contributed by atoms with Gasteiger partial charge in [0.1, 0.15) is 11.8 Å². The Labute approximate surface area is 113 Å². The highest BCUT2D eigenvalue weighted by Crippen LogP contribution is 2.22. The summed E-state index contributed by atoms with van der Waals surface area (Å²) in [5, 5.41) is 18.0. The molecule has 1 atom stereocenters. The van der Waals surface area contributed by atoms with Crippen molar-refractivity contribution < 1.29 is 14.6 Å². The minimum atomic E-state index is -0.847. The maximum atomic E-state index is 11.1. The number of ether oxygens (including phenoxy) is 1. The molecule has 1 aromatic carbocycles. The van der Waals surface area contributed by atoms with E-state index in [1.807, 2.05) is 6.92 Å². The summed E-state index contributed by atoms with van der Waals surface area (Å²) in [5.74, 6) is -0.188. The van der Waals surface area contributed by atoms with Crippen LogP contribution in [0.2, 0.25) is 0 Å². The summed E-state index contributed by atoms with van der Waals surface area (Å²) in [7, 11) is 3.31. The van der Waals surface area contributed by atoms with Crippen molar-refractivity contribution in [2.45, 2.75) is 25.9 Å². The fraction of sp³-hybridized carbons (Fsp3) is 0.429. The normalized spacial score (nSPS) is 11.9. The number of carboxylic acids is 1. The van der Waals surface area contributed by atoms with Gasteiger partial charge in [-0.1, -0.05) is 6.92 Å². The van der Waals surface area contributed by atoms with E-state index in [0.29, 0.717) is 24.3 Å². The number of benzene rings is 1. The van der Waals surface area contributed by atoms with Gasteiger partial charge in [0, 0.05) is 12.1 Å². The third-order valence-corrected chi connectivity index (χ3v) is 3.03. The highest BCUT2D eigenvalue weighted by atomic mass is 16.5. The lowest BCUT2D eigenvalue weighted by Gasteiger charge is -2.24. The Bertz CT molecular complexity index is 494. The van der Waals surface area contributed by atoms with Gasteiger partial charge in [-0.15, -0.1) is 0 Å². The number of rotatable bonds is 6. The molecule has 5 heteroatoms. The number of hydrogen-bond donors (Lipinski definition) is 1. The molecule has 102 valence electrons. The van der Waals surface area contributed by atoms with E-state index in [0.717, 1.165) is 5.56 Å². The van der Waals surface area contributed by atoms with Gasteiger partial charge in [-0.3, -0.25) is 9.69 Å². The van der Waals surface area contributed by atoms with E-state index < -0.39 is 12.0 Å². The quantitative estimate of drug-likeness (QED) is 0.847. The maximum Gasteiger partial charge on any atom is 0.320 e. The zero-order chi connectivity index (χ0) is 14.4. The molecule has 0 saturated heterocycles. The second-order valence-corrected chi connectivity index (χ2v) is 4.32. The monoisotopic (exact) mass is 262 g/mol. The third-order valence-electron chi connectivity index (χ3n) is 3.03. The first-order valence-corrected chi connectivity index (χ1v) is 6.03. The summed E-state index contributed by atoms with van der Waals surface area (Å²) in [6.45, 7) is 2.25. The van der Waals surface area contributed by atoms with Crippen LogP contribution in [-0.2, 0) is 11.3 Å². The molecule has 0 fully saturated rings. The Kier molecular flexibility index (Phi) is 5.34. The average Bonchev–Trinajstić information content (AvgIpc) is 2.38. The van der Waals surface area contributed by atoms with E-state index in [9.17, 15) is 4.79 Å². The van der Waals surface area contributed by atoms with Crippen LogP contribution in [0.5, 0.6) is 5.75 Å². The number of likely N-dealkylation sites (N-methyl/N-ethyl adjacent to an activating group) is 1. The van der Waals surface area contributed by atoms with Crippen molar-refractivity contribution in [2.24, 2.45) is 0 Å². The Morgan fingerprint density at radius 3 is 2.74 bits per heavy atom. The van der Waals surface area contributed by atoms with E-state index >= 15 is 0 Å². The van der Waals surface area contributed by atoms with Crippen LogP contribution in [0.15, 0.2) is 18.2 Å². The number of nitrogens with zero attached hydrogens (tertiary/aromatic N) is 2. The average molecular weight is 262 g/mol. The number of hydrogen-bond acceptors (Lipinski definition) is 4. The molecule has 19 heavy (non-hydrogen) atoms. The molecule has 0 heterocycles. The standard InChI is InChI=1S/C14H18N2O3/c1-4-12(14(17)18)16(2)9-11-7-10(8-15)5-6-13(11)19-3/h5-7,12H,4,9H2,1-3H3,(H,17,18). The summed E-state index contributed by atoms with van der Waals surface area (Å²) in [6.07, 6.45) is 0.520. The summed E-state index contributed by atoms with van der Waals surface area (Å²) < 4.78 is 5.24. The summed E-state index contributed by atoms with van der Waals surface area (Å²) in [4.78, 5) is 12.9. The smallest absolute Gasteiger partial charge is 0.320 e. The van der Waals surface area contributed by atoms with Crippen molar-refractivity contribution in [1.29, 1.82) is 5.26 Å². The Morgan fingerprint density at radius 2 is 2.26 bits per heavy atom. The summed E-state index contributed by atoms with van der Waals surface area (Å²) >= 11 is 0. The van der Waals surface area contributed by atoms with Crippen LogP contribution in [0.3, 0.4) is 0 Å². The second-order valence-electron chi connectivity index (χ2n) is 4.32. The van der Waals surface area contributed by atoms with Gasteiger partial charge < -0.3 is 9.84 Å². The van der Waals surface area contributed by atoms with Gasteiger partial charge in [-0.05, 0) is 31.7 Å². The fourth-order valence-corrected chi connectivity index (χ4v) is 2.03. The first-order valence-electron chi connectivity index (χ1n) is 6.03. The first-order chi connectivity index (χ1) is 9.03. The number of carboxylic acid groups (broad SMARTS) is 1. The maximum absolute atomic E-state index is 11.1. The lowest BCUT2D eigenvalue weighted by molar-refractivity contribution is -0.143. The Hall–Kier alpha value is -2.06. The molecule has 1 aromatic rings. The molecule has 1 N–H and O–H groups in total. The van der Waals surface area contributed by atoms with Crippen LogP contribution in [0.1, 0.15) is 24.5 Å². The molecule has 0 radical (unpaired) electrons. The summed E-state index contributed by atoms with van der Waals surface area (Å²) in [5.41, 5.74) is 1.34. The zero-order valence-corrected chi connectivity index (χ0v) is 11.4. The van der Waals surface area contributed by atoms with Gasteiger partial charge in [0.25, 0.3) is 0 Å². The molecular formula is C14H18N2O3. The Balaban J connectivity index is 2.97. The van der Waals surface area contributed by atoms with E-state index in [1.54, 1.807) is 37.3 Å².